The number of carbonyl (C=O) groups is 1. The van der Waals surface area contributed by atoms with Gasteiger partial charge in [-0.25, -0.2) is 4.79 Å². The maximum absolute atomic E-state index is 12.5. The summed E-state index contributed by atoms with van der Waals surface area (Å²) in [5, 5.41) is 0. The Morgan fingerprint density at radius 3 is 2.46 bits per heavy atom. The van der Waals surface area contributed by atoms with Crippen molar-refractivity contribution in [2.75, 3.05) is 6.61 Å². The van der Waals surface area contributed by atoms with Crippen LogP contribution in [0.4, 0.5) is 0 Å². The highest BCUT2D eigenvalue weighted by Crippen LogP contribution is 2.30. The molecule has 1 aromatic carbocycles. The largest absolute Gasteiger partial charge is 0.461 e. The lowest BCUT2D eigenvalue weighted by molar-refractivity contribution is -0.140. The molecule has 1 heterocycles. The third-order valence-corrected chi connectivity index (χ3v) is 4.52. The number of nitrogens with two attached hydrogens (primary N) is 1. The lowest BCUT2D eigenvalue weighted by Crippen LogP contribution is -2.31. The summed E-state index contributed by atoms with van der Waals surface area (Å²) in [5.41, 5.74) is 10.0. The number of ether oxygens (including phenoxy) is 1. The molecule has 0 bridgehead atoms. The van der Waals surface area contributed by atoms with Crippen molar-refractivity contribution in [2.45, 2.75) is 66.6 Å². The number of carbonyl (C=O) groups excluding carboxylic acids is 1. The van der Waals surface area contributed by atoms with Crippen LogP contribution in [0.1, 0.15) is 53.5 Å². The first-order chi connectivity index (χ1) is 13.5. The second kappa shape index (κ2) is 12.2. The van der Waals surface area contributed by atoms with Gasteiger partial charge in [0.25, 0.3) is 0 Å². The van der Waals surface area contributed by atoms with Gasteiger partial charge in [0.2, 0.25) is 0 Å². The summed E-state index contributed by atoms with van der Waals surface area (Å²) in [6.07, 6.45) is 7.00. The molecular formula is C24H36N2O2. The van der Waals surface area contributed by atoms with Gasteiger partial charge < -0.3 is 15.4 Å². The van der Waals surface area contributed by atoms with E-state index in [0.717, 1.165) is 17.6 Å². The van der Waals surface area contributed by atoms with Crippen molar-refractivity contribution in [3.63, 3.8) is 0 Å². The van der Waals surface area contributed by atoms with E-state index in [1.54, 1.807) is 0 Å². The normalized spacial score (nSPS) is 19.0. The van der Waals surface area contributed by atoms with Crippen LogP contribution in [0, 0.1) is 0 Å². The van der Waals surface area contributed by atoms with E-state index in [4.69, 9.17) is 10.5 Å². The number of rotatable bonds is 7. The Balaban J connectivity index is 0.00000190. The Morgan fingerprint density at radius 2 is 1.93 bits per heavy atom. The second-order valence-corrected chi connectivity index (χ2v) is 6.73. The predicted molar refractivity (Wildman–Crippen MR) is 118 cm³/mol. The SMILES string of the molecule is C/C=C(\C=C1\C=C(C(=O)OCC)N(Cc2ccccc2)C1C)CC(C)N.CC. The molecule has 0 aromatic heterocycles. The third kappa shape index (κ3) is 6.68. The molecule has 2 N–H and O–H groups in total. The summed E-state index contributed by atoms with van der Waals surface area (Å²) in [6, 6.07) is 10.4. The van der Waals surface area contributed by atoms with Crippen molar-refractivity contribution >= 4 is 5.97 Å². The number of nitrogens with zero attached hydrogens (tertiary/aromatic N) is 1. The van der Waals surface area contributed by atoms with Crippen LogP contribution in [0.25, 0.3) is 0 Å². The van der Waals surface area contributed by atoms with Crippen molar-refractivity contribution in [3.8, 4) is 0 Å². The fourth-order valence-corrected chi connectivity index (χ4v) is 3.14. The van der Waals surface area contributed by atoms with Crippen LogP contribution < -0.4 is 5.73 Å². The molecule has 0 fully saturated rings. The first-order valence-electron chi connectivity index (χ1n) is 10.3. The molecule has 0 saturated heterocycles. The van der Waals surface area contributed by atoms with E-state index < -0.39 is 0 Å². The van der Waals surface area contributed by atoms with E-state index in [1.165, 1.54) is 5.57 Å². The molecule has 0 amide bonds. The number of benzene rings is 1. The van der Waals surface area contributed by atoms with Crippen LogP contribution in [0.15, 0.2) is 65.4 Å². The number of hydrogen-bond acceptors (Lipinski definition) is 4. The molecule has 0 aliphatic carbocycles. The summed E-state index contributed by atoms with van der Waals surface area (Å²) in [5.74, 6) is -0.270. The number of hydrogen-bond donors (Lipinski definition) is 1. The fourth-order valence-electron chi connectivity index (χ4n) is 3.14. The van der Waals surface area contributed by atoms with E-state index in [1.807, 2.05) is 58.9 Å². The Bertz CT molecular complexity index is 703. The van der Waals surface area contributed by atoms with Crippen molar-refractivity contribution in [1.29, 1.82) is 0 Å². The first kappa shape index (κ1) is 23.7. The highest BCUT2D eigenvalue weighted by molar-refractivity contribution is 5.89. The zero-order valence-electron chi connectivity index (χ0n) is 18.2. The Labute approximate surface area is 170 Å². The van der Waals surface area contributed by atoms with Crippen LogP contribution in [0.3, 0.4) is 0 Å². The molecule has 0 radical (unpaired) electrons. The molecule has 1 aliphatic rings. The molecule has 0 saturated carbocycles. The predicted octanol–water partition coefficient (Wildman–Crippen LogP) is 4.97. The smallest absolute Gasteiger partial charge is 0.354 e. The zero-order chi connectivity index (χ0) is 21.1. The standard InChI is InChI=1S/C22H30N2O2.C2H6/c1-5-18(12-16(3)23)13-20-14-21(22(25)26-6-2)24(17(20)4)15-19-10-8-7-9-11-19;1-2/h5,7-11,13-14,16-17H,6,12,15,23H2,1-4H3;1-2H3/b18-5-,20-13-;. The summed E-state index contributed by atoms with van der Waals surface area (Å²) >= 11 is 0. The second-order valence-electron chi connectivity index (χ2n) is 6.73. The zero-order valence-corrected chi connectivity index (χ0v) is 18.2. The minimum Gasteiger partial charge on any atom is -0.461 e. The van der Waals surface area contributed by atoms with Gasteiger partial charge in [-0.2, -0.15) is 0 Å². The van der Waals surface area contributed by atoms with Crippen molar-refractivity contribution < 1.29 is 9.53 Å². The van der Waals surface area contributed by atoms with E-state index in [0.29, 0.717) is 18.8 Å². The van der Waals surface area contributed by atoms with E-state index in [2.05, 4.69) is 36.1 Å². The topological polar surface area (TPSA) is 55.6 Å². The van der Waals surface area contributed by atoms with E-state index >= 15 is 0 Å². The van der Waals surface area contributed by atoms with Gasteiger partial charge in [-0.1, -0.05) is 61.9 Å². The van der Waals surface area contributed by atoms with Gasteiger partial charge in [-0.15, -0.1) is 0 Å². The van der Waals surface area contributed by atoms with Crippen LogP contribution in [-0.2, 0) is 16.1 Å². The van der Waals surface area contributed by atoms with Crippen LogP contribution in [0.5, 0.6) is 0 Å². The first-order valence-corrected chi connectivity index (χ1v) is 10.3. The molecule has 0 spiro atoms. The fraction of sp³-hybridized carbons (Fsp3) is 0.458. The Kier molecular flexibility index (Phi) is 10.3. The van der Waals surface area contributed by atoms with Gasteiger partial charge in [0.05, 0.1) is 12.6 Å². The monoisotopic (exact) mass is 384 g/mol. The molecule has 2 rings (SSSR count). The average molecular weight is 385 g/mol. The van der Waals surface area contributed by atoms with Crippen LogP contribution >= 0.6 is 0 Å². The lowest BCUT2D eigenvalue weighted by Gasteiger charge is -2.27. The van der Waals surface area contributed by atoms with Crippen LogP contribution in [0.2, 0.25) is 0 Å². The maximum Gasteiger partial charge on any atom is 0.354 e. The molecule has 154 valence electrons. The van der Waals surface area contributed by atoms with E-state index in [9.17, 15) is 4.79 Å². The quantitative estimate of drug-likeness (QED) is 0.674. The van der Waals surface area contributed by atoms with Crippen LogP contribution in [-0.4, -0.2) is 29.6 Å². The number of allylic oxidation sites excluding steroid dienone is 2. The maximum atomic E-state index is 12.5. The molecule has 1 aromatic rings. The van der Waals surface area contributed by atoms with E-state index in [-0.39, 0.29) is 18.1 Å². The minimum atomic E-state index is -0.270. The summed E-state index contributed by atoms with van der Waals surface area (Å²) in [6.45, 7) is 13.0. The van der Waals surface area contributed by atoms with Gasteiger partial charge in [0.15, 0.2) is 0 Å². The van der Waals surface area contributed by atoms with Crippen molar-refractivity contribution in [1.82, 2.24) is 4.90 Å². The molecule has 2 atom stereocenters. The summed E-state index contributed by atoms with van der Waals surface area (Å²) in [7, 11) is 0. The minimum absolute atomic E-state index is 0.0950. The number of esters is 1. The van der Waals surface area contributed by atoms with Gasteiger partial charge in [0, 0.05) is 12.6 Å². The molecule has 2 unspecified atom stereocenters. The Hall–Kier alpha value is -2.33. The average Bonchev–Trinajstić information content (AvgIpc) is 2.99. The highest BCUT2D eigenvalue weighted by atomic mass is 16.5. The van der Waals surface area contributed by atoms with Gasteiger partial charge in [0.1, 0.15) is 5.70 Å². The summed E-state index contributed by atoms with van der Waals surface area (Å²) in [4.78, 5) is 14.6. The third-order valence-electron chi connectivity index (χ3n) is 4.52. The molecule has 28 heavy (non-hydrogen) atoms. The lowest BCUT2D eigenvalue weighted by atomic mass is 10.0. The Morgan fingerprint density at radius 1 is 1.29 bits per heavy atom. The van der Waals surface area contributed by atoms with Gasteiger partial charge in [-0.05, 0) is 51.3 Å². The molecule has 4 heteroatoms. The highest BCUT2D eigenvalue weighted by Gasteiger charge is 2.31. The summed E-state index contributed by atoms with van der Waals surface area (Å²) < 4.78 is 5.28. The molecule has 1 aliphatic heterocycles. The van der Waals surface area contributed by atoms with Crippen molar-refractivity contribution in [2.24, 2.45) is 5.73 Å². The molecular weight excluding hydrogens is 348 g/mol. The van der Waals surface area contributed by atoms with Gasteiger partial charge in [-0.3, -0.25) is 0 Å². The molecule has 4 nitrogen and oxygen atoms in total. The van der Waals surface area contributed by atoms with Gasteiger partial charge >= 0.3 is 5.97 Å². The van der Waals surface area contributed by atoms with Crippen molar-refractivity contribution in [3.05, 3.63) is 71.0 Å².